The first-order valence-electron chi connectivity index (χ1n) is 10.0. The molecule has 0 fully saturated rings. The summed E-state index contributed by atoms with van der Waals surface area (Å²) in [6.45, 7) is 6.46. The molecule has 5 nitrogen and oxygen atoms in total. The van der Waals surface area contributed by atoms with Crippen molar-refractivity contribution in [3.8, 4) is 5.69 Å². The highest BCUT2D eigenvalue weighted by Crippen LogP contribution is 2.38. The Hall–Kier alpha value is -2.76. The van der Waals surface area contributed by atoms with Crippen molar-refractivity contribution in [1.82, 2.24) is 4.57 Å². The predicted octanol–water partition coefficient (Wildman–Crippen LogP) is 7.02. The fourth-order valence-corrected chi connectivity index (χ4v) is 4.31. The molecule has 0 saturated carbocycles. The highest BCUT2D eigenvalue weighted by atomic mass is 35.5. The molecular formula is C24H23Cl2N3O2. The number of aromatic nitrogens is 1. The number of nitrogens with zero attached hydrogens (tertiary/aromatic N) is 2. The number of halogens is 2. The number of rotatable bonds is 3. The van der Waals surface area contributed by atoms with E-state index in [-0.39, 0.29) is 5.41 Å². The van der Waals surface area contributed by atoms with E-state index in [1.165, 1.54) is 5.69 Å². The Bertz CT molecular complexity index is 1170. The molecule has 4 rings (SSSR count). The van der Waals surface area contributed by atoms with Crippen molar-refractivity contribution in [2.24, 2.45) is 10.6 Å². The summed E-state index contributed by atoms with van der Waals surface area (Å²) in [6, 6.07) is 17.2. The van der Waals surface area contributed by atoms with Gasteiger partial charge in [-0.15, -0.1) is 0 Å². The van der Waals surface area contributed by atoms with Crippen LogP contribution in [0.1, 0.15) is 37.2 Å². The van der Waals surface area contributed by atoms with Crippen molar-refractivity contribution in [3.63, 3.8) is 0 Å². The molecule has 31 heavy (non-hydrogen) atoms. The van der Waals surface area contributed by atoms with E-state index in [9.17, 15) is 4.79 Å². The monoisotopic (exact) mass is 455 g/mol. The van der Waals surface area contributed by atoms with Crippen molar-refractivity contribution in [3.05, 3.63) is 81.6 Å². The maximum atomic E-state index is 12.3. The number of hydrogen-bond acceptors (Lipinski definition) is 3. The molecule has 0 unspecified atom stereocenters. The average Bonchev–Trinajstić information content (AvgIpc) is 3.04. The highest BCUT2D eigenvalue weighted by Gasteiger charge is 2.33. The van der Waals surface area contributed by atoms with Crippen LogP contribution in [-0.4, -0.2) is 16.4 Å². The lowest BCUT2D eigenvalue weighted by Crippen LogP contribution is -2.29. The van der Waals surface area contributed by atoms with Gasteiger partial charge in [0.1, 0.15) is 0 Å². The molecule has 1 amide bonds. The Balaban J connectivity index is 1.61. The van der Waals surface area contributed by atoms with E-state index in [0.717, 1.165) is 29.1 Å². The number of anilines is 1. The lowest BCUT2D eigenvalue weighted by Gasteiger charge is -2.31. The molecule has 0 saturated heterocycles. The van der Waals surface area contributed by atoms with Gasteiger partial charge >= 0.3 is 6.09 Å². The van der Waals surface area contributed by atoms with Crippen molar-refractivity contribution < 1.29 is 9.63 Å². The lowest BCUT2D eigenvalue weighted by atomic mass is 9.76. The van der Waals surface area contributed by atoms with Crippen LogP contribution in [0.5, 0.6) is 0 Å². The minimum Gasteiger partial charge on any atom is -0.318 e. The van der Waals surface area contributed by atoms with Crippen molar-refractivity contribution in [2.45, 2.75) is 33.6 Å². The third kappa shape index (κ3) is 4.63. The Kier molecular flexibility index (Phi) is 5.82. The van der Waals surface area contributed by atoms with Gasteiger partial charge < -0.3 is 4.57 Å². The first kappa shape index (κ1) is 21.5. The number of amides is 1. The number of hydrogen-bond donors (Lipinski definition) is 1. The fraction of sp³-hybridized carbons (Fsp3) is 0.250. The number of oxime groups is 1. The summed E-state index contributed by atoms with van der Waals surface area (Å²) in [5, 5.41) is 7.62. The smallest absolute Gasteiger partial charge is 0.318 e. The molecule has 0 bridgehead atoms. The van der Waals surface area contributed by atoms with E-state index in [4.69, 9.17) is 28.0 Å². The van der Waals surface area contributed by atoms with Gasteiger partial charge in [0, 0.05) is 28.3 Å². The molecule has 0 spiro atoms. The summed E-state index contributed by atoms with van der Waals surface area (Å²) in [5.74, 6) is 0. The zero-order valence-electron chi connectivity index (χ0n) is 17.6. The largest absolute Gasteiger partial charge is 0.437 e. The molecular weight excluding hydrogens is 433 g/mol. The minimum absolute atomic E-state index is 0.0211. The summed E-state index contributed by atoms with van der Waals surface area (Å²) in [4.78, 5) is 17.5. The van der Waals surface area contributed by atoms with Crippen LogP contribution in [-0.2, 0) is 11.3 Å². The van der Waals surface area contributed by atoms with Gasteiger partial charge in [0.25, 0.3) is 0 Å². The molecule has 3 aromatic rings. The predicted molar refractivity (Wildman–Crippen MR) is 126 cm³/mol. The standard InChI is InChI=1S/C24H23Cl2N3O2/c1-15-11-18-21(28-31-23(30)27-16-9-10-19(25)20(26)12-16)13-24(2,3)14-22(18)29(15)17-7-5-4-6-8-17/h4-12H,13-14H2,1-3H3,(H,27,30)/b28-21+. The molecule has 0 atom stereocenters. The normalized spacial score (nSPS) is 16.1. The van der Waals surface area contributed by atoms with Crippen LogP contribution in [0, 0.1) is 12.3 Å². The van der Waals surface area contributed by atoms with E-state index in [2.05, 4.69) is 54.0 Å². The Morgan fingerprint density at radius 1 is 1.06 bits per heavy atom. The molecule has 1 aliphatic carbocycles. The first-order valence-corrected chi connectivity index (χ1v) is 10.8. The third-order valence-corrected chi connectivity index (χ3v) is 6.05. The summed E-state index contributed by atoms with van der Waals surface area (Å²) < 4.78 is 2.25. The number of nitrogens with one attached hydrogen (secondary N) is 1. The van der Waals surface area contributed by atoms with Gasteiger partial charge in [0.15, 0.2) is 0 Å². The van der Waals surface area contributed by atoms with E-state index < -0.39 is 6.09 Å². The molecule has 1 N–H and O–H groups in total. The van der Waals surface area contributed by atoms with Gasteiger partial charge in [-0.3, -0.25) is 10.2 Å². The molecule has 1 aliphatic rings. The van der Waals surface area contributed by atoms with Crippen LogP contribution < -0.4 is 5.32 Å². The Morgan fingerprint density at radius 2 is 1.81 bits per heavy atom. The average molecular weight is 456 g/mol. The summed E-state index contributed by atoms with van der Waals surface area (Å²) in [6.07, 6.45) is 0.924. The van der Waals surface area contributed by atoms with Gasteiger partial charge in [-0.1, -0.05) is 60.4 Å². The van der Waals surface area contributed by atoms with E-state index in [1.807, 2.05) is 18.2 Å². The van der Waals surface area contributed by atoms with Gasteiger partial charge in [-0.2, -0.15) is 0 Å². The number of para-hydroxylation sites is 1. The van der Waals surface area contributed by atoms with Gasteiger partial charge in [-0.25, -0.2) is 4.79 Å². The summed E-state index contributed by atoms with van der Waals surface area (Å²) >= 11 is 11.9. The molecule has 1 aromatic heterocycles. The van der Waals surface area contributed by atoms with Crippen LogP contribution in [0.2, 0.25) is 10.0 Å². The van der Waals surface area contributed by atoms with Crippen LogP contribution >= 0.6 is 23.2 Å². The van der Waals surface area contributed by atoms with Crippen LogP contribution in [0.15, 0.2) is 59.8 Å². The topological polar surface area (TPSA) is 55.6 Å². The summed E-state index contributed by atoms with van der Waals surface area (Å²) in [5.41, 5.74) is 5.63. The maximum Gasteiger partial charge on any atom is 0.437 e. The SMILES string of the molecule is Cc1cc2c(n1-c1ccccc1)CC(C)(C)C/C2=N\OC(=O)Nc1ccc(Cl)c(Cl)c1. The molecule has 160 valence electrons. The highest BCUT2D eigenvalue weighted by molar-refractivity contribution is 6.42. The van der Waals surface area contributed by atoms with E-state index in [0.29, 0.717) is 22.2 Å². The molecule has 1 heterocycles. The number of benzene rings is 2. The first-order chi connectivity index (χ1) is 14.7. The lowest BCUT2D eigenvalue weighted by molar-refractivity contribution is 0.165. The second-order valence-corrected chi connectivity index (χ2v) is 9.32. The second kappa shape index (κ2) is 8.40. The Labute approximate surface area is 191 Å². The quantitative estimate of drug-likeness (QED) is 0.340. The molecule has 2 aromatic carbocycles. The zero-order valence-corrected chi connectivity index (χ0v) is 19.1. The summed E-state index contributed by atoms with van der Waals surface area (Å²) in [7, 11) is 0. The fourth-order valence-electron chi connectivity index (χ4n) is 4.01. The molecule has 0 radical (unpaired) electrons. The second-order valence-electron chi connectivity index (χ2n) is 8.51. The molecule has 0 aliphatic heterocycles. The molecule has 7 heteroatoms. The Morgan fingerprint density at radius 3 is 2.52 bits per heavy atom. The van der Waals surface area contributed by atoms with Crippen LogP contribution in [0.4, 0.5) is 10.5 Å². The third-order valence-electron chi connectivity index (χ3n) is 5.31. The number of carbonyl (C=O) groups excluding carboxylic acids is 1. The van der Waals surface area contributed by atoms with Gasteiger partial charge in [0.05, 0.1) is 15.8 Å². The minimum atomic E-state index is -0.685. The van der Waals surface area contributed by atoms with Gasteiger partial charge in [0.2, 0.25) is 0 Å². The van der Waals surface area contributed by atoms with E-state index in [1.54, 1.807) is 18.2 Å². The number of aryl methyl sites for hydroxylation is 1. The number of carbonyl (C=O) groups is 1. The van der Waals surface area contributed by atoms with Crippen LogP contribution in [0.25, 0.3) is 5.69 Å². The van der Waals surface area contributed by atoms with Crippen molar-refractivity contribution in [1.29, 1.82) is 0 Å². The number of fused-ring (bicyclic) bond motifs is 1. The van der Waals surface area contributed by atoms with Crippen molar-refractivity contribution in [2.75, 3.05) is 5.32 Å². The maximum absolute atomic E-state index is 12.3. The van der Waals surface area contributed by atoms with Crippen LogP contribution in [0.3, 0.4) is 0 Å². The van der Waals surface area contributed by atoms with Gasteiger partial charge in [-0.05, 0) is 61.6 Å². The zero-order chi connectivity index (χ0) is 22.2. The van der Waals surface area contributed by atoms with Crippen molar-refractivity contribution >= 4 is 40.7 Å². The van der Waals surface area contributed by atoms with E-state index >= 15 is 0 Å².